The summed E-state index contributed by atoms with van der Waals surface area (Å²) >= 11 is 1.88. The fraction of sp³-hybridized carbons (Fsp3) is 0.143. The molecule has 0 spiro atoms. The fourth-order valence-electron chi connectivity index (χ4n) is 1.84. The highest BCUT2D eigenvalue weighted by Gasteiger charge is 2.14. The lowest BCUT2D eigenvalue weighted by molar-refractivity contribution is 0.600. The van der Waals surface area contributed by atoms with Gasteiger partial charge in [-0.25, -0.2) is 12.8 Å². The molecule has 0 bridgehead atoms. The first-order valence-corrected chi connectivity index (χ1v) is 8.86. The average molecular weight is 420 g/mol. The van der Waals surface area contributed by atoms with Crippen molar-refractivity contribution in [2.45, 2.75) is 12.3 Å². The molecule has 0 aliphatic carbocycles. The van der Waals surface area contributed by atoms with Crippen LogP contribution in [0.3, 0.4) is 0 Å². The predicted octanol–water partition coefficient (Wildman–Crippen LogP) is 2.83. The Morgan fingerprint density at radius 3 is 2.52 bits per heavy atom. The van der Waals surface area contributed by atoms with E-state index in [2.05, 4.69) is 4.72 Å². The van der Waals surface area contributed by atoms with Gasteiger partial charge >= 0.3 is 0 Å². The Morgan fingerprint density at radius 2 is 1.86 bits per heavy atom. The highest BCUT2D eigenvalue weighted by Crippen LogP contribution is 2.21. The molecule has 0 aliphatic heterocycles. The molecule has 0 aliphatic rings. The SMILES string of the molecule is NCc1cccc(CS(=O)(=O)Nc2ccc(F)cc2I)c1. The van der Waals surface area contributed by atoms with Crippen LogP contribution in [-0.2, 0) is 22.3 Å². The molecular weight excluding hydrogens is 406 g/mol. The lowest BCUT2D eigenvalue weighted by Gasteiger charge is -2.10. The third kappa shape index (κ3) is 4.65. The average Bonchev–Trinajstić information content (AvgIpc) is 2.41. The van der Waals surface area contributed by atoms with E-state index in [-0.39, 0.29) is 5.75 Å². The van der Waals surface area contributed by atoms with E-state index in [1.54, 1.807) is 18.2 Å². The van der Waals surface area contributed by atoms with Gasteiger partial charge < -0.3 is 5.73 Å². The zero-order valence-corrected chi connectivity index (χ0v) is 14.0. The topological polar surface area (TPSA) is 72.2 Å². The number of hydrogen-bond acceptors (Lipinski definition) is 3. The molecule has 0 saturated heterocycles. The fourth-order valence-corrected chi connectivity index (χ4v) is 3.84. The smallest absolute Gasteiger partial charge is 0.236 e. The van der Waals surface area contributed by atoms with E-state index in [1.807, 2.05) is 28.7 Å². The second-order valence-corrected chi connectivity index (χ2v) is 7.39. The Kier molecular flexibility index (Phi) is 5.17. The van der Waals surface area contributed by atoms with Crippen molar-refractivity contribution < 1.29 is 12.8 Å². The summed E-state index contributed by atoms with van der Waals surface area (Å²) in [5.74, 6) is -0.563. The van der Waals surface area contributed by atoms with E-state index in [9.17, 15) is 12.8 Å². The third-order valence-electron chi connectivity index (χ3n) is 2.78. The van der Waals surface area contributed by atoms with Crippen LogP contribution in [0.4, 0.5) is 10.1 Å². The van der Waals surface area contributed by atoms with Gasteiger partial charge in [0.25, 0.3) is 0 Å². The van der Waals surface area contributed by atoms with Crippen LogP contribution in [0.15, 0.2) is 42.5 Å². The zero-order valence-electron chi connectivity index (χ0n) is 11.0. The van der Waals surface area contributed by atoms with Crippen molar-refractivity contribution in [3.8, 4) is 0 Å². The van der Waals surface area contributed by atoms with E-state index in [1.165, 1.54) is 18.2 Å². The molecule has 0 atom stereocenters. The summed E-state index contributed by atoms with van der Waals surface area (Å²) in [7, 11) is -3.57. The van der Waals surface area contributed by atoms with Gasteiger partial charge in [-0.15, -0.1) is 0 Å². The Morgan fingerprint density at radius 1 is 1.14 bits per heavy atom. The summed E-state index contributed by atoms with van der Waals surface area (Å²) in [5.41, 5.74) is 7.44. The molecule has 2 aromatic carbocycles. The first-order valence-electron chi connectivity index (χ1n) is 6.13. The minimum Gasteiger partial charge on any atom is -0.326 e. The highest BCUT2D eigenvalue weighted by atomic mass is 127. The zero-order chi connectivity index (χ0) is 15.5. The number of hydrogen-bond donors (Lipinski definition) is 2. The van der Waals surface area contributed by atoms with Crippen LogP contribution in [0, 0.1) is 9.39 Å². The molecule has 0 radical (unpaired) electrons. The molecule has 2 aromatic rings. The van der Waals surface area contributed by atoms with Crippen molar-refractivity contribution in [3.63, 3.8) is 0 Å². The maximum atomic E-state index is 13.0. The van der Waals surface area contributed by atoms with Crippen molar-refractivity contribution >= 4 is 38.3 Å². The summed E-state index contributed by atoms with van der Waals surface area (Å²) in [6, 6.07) is 11.0. The molecule has 3 N–H and O–H groups in total. The molecule has 0 heterocycles. The maximum absolute atomic E-state index is 13.0. The van der Waals surface area contributed by atoms with Crippen LogP contribution >= 0.6 is 22.6 Å². The summed E-state index contributed by atoms with van der Waals surface area (Å²) in [4.78, 5) is 0. The van der Waals surface area contributed by atoms with Crippen molar-refractivity contribution in [1.82, 2.24) is 0 Å². The van der Waals surface area contributed by atoms with E-state index in [0.717, 1.165) is 5.56 Å². The first-order chi connectivity index (χ1) is 9.89. The summed E-state index contributed by atoms with van der Waals surface area (Å²) in [6.07, 6.45) is 0. The largest absolute Gasteiger partial charge is 0.326 e. The van der Waals surface area contributed by atoms with E-state index in [0.29, 0.717) is 21.4 Å². The second-order valence-electron chi connectivity index (χ2n) is 4.51. The van der Waals surface area contributed by atoms with Gasteiger partial charge in [0.05, 0.1) is 11.4 Å². The van der Waals surface area contributed by atoms with E-state index < -0.39 is 15.8 Å². The van der Waals surface area contributed by atoms with Gasteiger partial charge in [-0.2, -0.15) is 0 Å². The molecule has 0 saturated carbocycles. The third-order valence-corrected chi connectivity index (χ3v) is 4.92. The quantitative estimate of drug-likeness (QED) is 0.731. The van der Waals surface area contributed by atoms with Crippen LogP contribution in [0.25, 0.3) is 0 Å². The first kappa shape index (κ1) is 16.2. The van der Waals surface area contributed by atoms with Gasteiger partial charge in [-0.3, -0.25) is 4.72 Å². The molecule has 112 valence electrons. The number of nitrogens with one attached hydrogen (secondary N) is 1. The summed E-state index contributed by atoms with van der Waals surface area (Å²) in [5, 5.41) is 0. The molecule has 2 rings (SSSR count). The Balaban J connectivity index is 2.18. The molecule has 0 fully saturated rings. The van der Waals surface area contributed by atoms with Gasteiger partial charge in [0.1, 0.15) is 5.82 Å². The van der Waals surface area contributed by atoms with Gasteiger partial charge in [-0.1, -0.05) is 24.3 Å². The Hall–Kier alpha value is -1.19. The van der Waals surface area contributed by atoms with Gasteiger partial charge in [0.2, 0.25) is 10.0 Å². The van der Waals surface area contributed by atoms with Crippen molar-refractivity contribution in [1.29, 1.82) is 0 Å². The van der Waals surface area contributed by atoms with Gasteiger partial charge in [-0.05, 0) is 51.9 Å². The number of sulfonamides is 1. The molecular formula is C14H14FIN2O2S. The molecule has 0 aromatic heterocycles. The van der Waals surface area contributed by atoms with Crippen LogP contribution in [0.1, 0.15) is 11.1 Å². The number of halogens is 2. The number of rotatable bonds is 5. The van der Waals surface area contributed by atoms with E-state index >= 15 is 0 Å². The Labute approximate surface area is 136 Å². The van der Waals surface area contributed by atoms with Crippen molar-refractivity contribution in [2.24, 2.45) is 5.73 Å². The maximum Gasteiger partial charge on any atom is 0.236 e. The lowest BCUT2D eigenvalue weighted by atomic mass is 10.1. The summed E-state index contributed by atoms with van der Waals surface area (Å²) < 4.78 is 40.3. The van der Waals surface area contributed by atoms with Crippen molar-refractivity contribution in [2.75, 3.05) is 4.72 Å². The van der Waals surface area contributed by atoms with Crippen LogP contribution < -0.4 is 10.5 Å². The molecule has 7 heteroatoms. The van der Waals surface area contributed by atoms with Gasteiger partial charge in [0, 0.05) is 10.1 Å². The van der Waals surface area contributed by atoms with E-state index in [4.69, 9.17) is 5.73 Å². The normalized spacial score (nSPS) is 11.4. The number of anilines is 1. The minimum atomic E-state index is -3.57. The molecule has 0 unspecified atom stereocenters. The molecule has 0 amide bonds. The molecule has 4 nitrogen and oxygen atoms in total. The van der Waals surface area contributed by atoms with Gasteiger partial charge in [0.15, 0.2) is 0 Å². The highest BCUT2D eigenvalue weighted by molar-refractivity contribution is 14.1. The lowest BCUT2D eigenvalue weighted by Crippen LogP contribution is -2.16. The standard InChI is InChI=1S/C14H14FIN2O2S/c15-12-4-5-14(13(16)7-12)18-21(19,20)9-11-3-1-2-10(6-11)8-17/h1-7,18H,8-9,17H2. The van der Waals surface area contributed by atoms with Crippen LogP contribution in [-0.4, -0.2) is 8.42 Å². The number of nitrogens with two attached hydrogens (primary N) is 1. The van der Waals surface area contributed by atoms with Crippen LogP contribution in [0.2, 0.25) is 0 Å². The minimum absolute atomic E-state index is 0.158. The monoisotopic (exact) mass is 420 g/mol. The Bertz CT molecular complexity index is 750. The summed E-state index contributed by atoms with van der Waals surface area (Å²) in [6.45, 7) is 0.358. The molecule has 21 heavy (non-hydrogen) atoms. The van der Waals surface area contributed by atoms with Crippen LogP contribution in [0.5, 0.6) is 0 Å². The predicted molar refractivity (Wildman–Crippen MR) is 89.7 cm³/mol. The second kappa shape index (κ2) is 6.71. The number of benzene rings is 2. The van der Waals surface area contributed by atoms with Crippen molar-refractivity contribution in [3.05, 3.63) is 63.0 Å².